The van der Waals surface area contributed by atoms with Crippen molar-refractivity contribution < 1.29 is 4.79 Å². The second-order valence-corrected chi connectivity index (χ2v) is 6.79. The molecule has 1 aliphatic heterocycles. The van der Waals surface area contributed by atoms with Gasteiger partial charge >= 0.3 is 0 Å². The molecule has 1 amide bonds. The number of nitrogens with one attached hydrogen (secondary N) is 2. The van der Waals surface area contributed by atoms with Crippen LogP contribution in [0.4, 0.5) is 0 Å². The Kier molecular flexibility index (Phi) is 4.46. The van der Waals surface area contributed by atoms with Gasteiger partial charge in [0.2, 0.25) is 5.91 Å². The SMILES string of the molecule is Cc1cc(=O)[nH]c(S[C@@H](C)C(=O)NCc2nnc3n2CCC3)n1. The first-order valence-electron chi connectivity index (χ1n) is 7.46. The van der Waals surface area contributed by atoms with Gasteiger partial charge in [0.05, 0.1) is 11.8 Å². The van der Waals surface area contributed by atoms with Gasteiger partial charge in [-0.05, 0) is 20.3 Å². The van der Waals surface area contributed by atoms with Crippen LogP contribution in [0.15, 0.2) is 16.0 Å². The quantitative estimate of drug-likeness (QED) is 0.606. The maximum Gasteiger partial charge on any atom is 0.251 e. The molecule has 1 aliphatic rings. The predicted octanol–water partition coefficient (Wildman–Crippen LogP) is 0.413. The first-order valence-corrected chi connectivity index (χ1v) is 8.34. The molecule has 3 heterocycles. The maximum atomic E-state index is 12.2. The fraction of sp³-hybridized carbons (Fsp3) is 0.500. The number of rotatable bonds is 5. The molecule has 1 atom stereocenters. The number of nitrogens with zero attached hydrogens (tertiary/aromatic N) is 4. The van der Waals surface area contributed by atoms with E-state index in [0.717, 1.165) is 31.0 Å². The van der Waals surface area contributed by atoms with Crippen molar-refractivity contribution in [2.45, 2.75) is 50.2 Å². The summed E-state index contributed by atoms with van der Waals surface area (Å²) in [7, 11) is 0. The Balaban J connectivity index is 1.58. The molecule has 0 aliphatic carbocycles. The topological polar surface area (TPSA) is 106 Å². The van der Waals surface area contributed by atoms with E-state index in [0.29, 0.717) is 17.4 Å². The number of H-pyrrole nitrogens is 1. The minimum absolute atomic E-state index is 0.130. The van der Waals surface area contributed by atoms with Crippen molar-refractivity contribution in [3.63, 3.8) is 0 Å². The van der Waals surface area contributed by atoms with Crippen molar-refractivity contribution in [3.05, 3.63) is 33.8 Å². The Bertz CT molecular complexity index is 784. The van der Waals surface area contributed by atoms with E-state index in [2.05, 4.69) is 30.0 Å². The number of hydrogen-bond acceptors (Lipinski definition) is 6. The number of aromatic nitrogens is 5. The molecule has 0 saturated carbocycles. The van der Waals surface area contributed by atoms with Crippen LogP contribution in [-0.4, -0.2) is 35.9 Å². The summed E-state index contributed by atoms with van der Waals surface area (Å²) in [6, 6.07) is 1.42. The average molecular weight is 334 g/mol. The van der Waals surface area contributed by atoms with Crippen molar-refractivity contribution in [1.82, 2.24) is 30.0 Å². The van der Waals surface area contributed by atoms with Gasteiger partial charge in [0, 0.05) is 24.7 Å². The first-order chi connectivity index (χ1) is 11.0. The number of thioether (sulfide) groups is 1. The highest BCUT2D eigenvalue weighted by molar-refractivity contribution is 8.00. The van der Waals surface area contributed by atoms with E-state index < -0.39 is 0 Å². The highest BCUT2D eigenvalue weighted by Gasteiger charge is 2.20. The van der Waals surface area contributed by atoms with Crippen molar-refractivity contribution in [1.29, 1.82) is 0 Å². The standard InChI is InChI=1S/C14H18N6O2S/c1-8-6-12(21)17-14(16-8)23-9(2)13(22)15-7-11-19-18-10-4-3-5-20(10)11/h6,9H,3-5,7H2,1-2H3,(H,15,22)(H,16,17,21)/t9-/m0/s1. The number of aromatic amines is 1. The largest absolute Gasteiger partial charge is 0.348 e. The molecule has 3 rings (SSSR count). The summed E-state index contributed by atoms with van der Waals surface area (Å²) in [6.07, 6.45) is 2.02. The van der Waals surface area contributed by atoms with E-state index in [-0.39, 0.29) is 16.7 Å². The number of amides is 1. The van der Waals surface area contributed by atoms with Gasteiger partial charge in [-0.25, -0.2) is 4.98 Å². The van der Waals surface area contributed by atoms with E-state index in [9.17, 15) is 9.59 Å². The number of carbonyl (C=O) groups is 1. The van der Waals surface area contributed by atoms with E-state index in [1.807, 2.05) is 0 Å². The summed E-state index contributed by atoms with van der Waals surface area (Å²) >= 11 is 1.22. The maximum absolute atomic E-state index is 12.2. The van der Waals surface area contributed by atoms with Crippen LogP contribution in [0.3, 0.4) is 0 Å². The average Bonchev–Trinajstić information content (AvgIpc) is 3.07. The van der Waals surface area contributed by atoms with Gasteiger partial charge in [0.25, 0.3) is 5.56 Å². The summed E-state index contributed by atoms with van der Waals surface area (Å²) < 4.78 is 2.05. The molecular weight excluding hydrogens is 316 g/mol. The van der Waals surface area contributed by atoms with Crippen LogP contribution < -0.4 is 10.9 Å². The number of aryl methyl sites for hydroxylation is 2. The Morgan fingerprint density at radius 2 is 2.35 bits per heavy atom. The van der Waals surface area contributed by atoms with Gasteiger partial charge in [-0.15, -0.1) is 10.2 Å². The summed E-state index contributed by atoms with van der Waals surface area (Å²) in [6.45, 7) is 4.78. The molecule has 8 nitrogen and oxygen atoms in total. The molecule has 2 aromatic heterocycles. The van der Waals surface area contributed by atoms with Gasteiger partial charge in [-0.2, -0.15) is 0 Å². The summed E-state index contributed by atoms with van der Waals surface area (Å²) in [5.41, 5.74) is 0.412. The lowest BCUT2D eigenvalue weighted by Gasteiger charge is -2.11. The van der Waals surface area contributed by atoms with Crippen LogP contribution in [0.25, 0.3) is 0 Å². The second kappa shape index (κ2) is 6.53. The predicted molar refractivity (Wildman–Crippen MR) is 85.1 cm³/mol. The van der Waals surface area contributed by atoms with Gasteiger partial charge in [-0.1, -0.05) is 11.8 Å². The zero-order valence-corrected chi connectivity index (χ0v) is 13.8. The highest BCUT2D eigenvalue weighted by atomic mass is 32.2. The molecule has 9 heteroatoms. The third-order valence-corrected chi connectivity index (χ3v) is 4.60. The monoisotopic (exact) mass is 334 g/mol. The summed E-state index contributed by atoms with van der Waals surface area (Å²) in [5, 5.41) is 11.2. The molecule has 0 aromatic carbocycles. The van der Waals surface area contributed by atoms with Crippen molar-refractivity contribution in [2.75, 3.05) is 0 Å². The third-order valence-electron chi connectivity index (χ3n) is 3.61. The lowest BCUT2D eigenvalue weighted by atomic mass is 10.4. The van der Waals surface area contributed by atoms with Crippen LogP contribution in [0.5, 0.6) is 0 Å². The van der Waals surface area contributed by atoms with Crippen molar-refractivity contribution >= 4 is 17.7 Å². The highest BCUT2D eigenvalue weighted by Crippen LogP contribution is 2.19. The fourth-order valence-electron chi connectivity index (χ4n) is 2.48. The van der Waals surface area contributed by atoms with Crippen LogP contribution in [0, 0.1) is 6.92 Å². The molecular formula is C14H18N6O2S. The second-order valence-electron chi connectivity index (χ2n) is 5.46. The summed E-state index contributed by atoms with van der Waals surface area (Å²) in [4.78, 5) is 30.5. The summed E-state index contributed by atoms with van der Waals surface area (Å²) in [5.74, 6) is 1.64. The number of carbonyl (C=O) groups excluding carboxylic acids is 1. The molecule has 23 heavy (non-hydrogen) atoms. The first kappa shape index (κ1) is 15.7. The minimum atomic E-state index is -0.374. The zero-order valence-electron chi connectivity index (χ0n) is 13.0. The molecule has 0 saturated heterocycles. The van der Waals surface area contributed by atoms with Crippen molar-refractivity contribution in [3.8, 4) is 0 Å². The molecule has 0 fully saturated rings. The minimum Gasteiger partial charge on any atom is -0.348 e. The van der Waals surface area contributed by atoms with Gasteiger partial charge < -0.3 is 14.9 Å². The van der Waals surface area contributed by atoms with E-state index >= 15 is 0 Å². The lowest BCUT2D eigenvalue weighted by Crippen LogP contribution is -2.31. The smallest absolute Gasteiger partial charge is 0.251 e. The third kappa shape index (κ3) is 3.61. The molecule has 0 unspecified atom stereocenters. The van der Waals surface area contributed by atoms with Gasteiger partial charge in [0.1, 0.15) is 5.82 Å². The van der Waals surface area contributed by atoms with Gasteiger partial charge in [-0.3, -0.25) is 9.59 Å². The molecule has 0 radical (unpaired) electrons. The Morgan fingerprint density at radius 1 is 1.52 bits per heavy atom. The van der Waals surface area contributed by atoms with Crippen LogP contribution in [0.2, 0.25) is 0 Å². The normalized spacial score (nSPS) is 14.5. The number of hydrogen-bond donors (Lipinski definition) is 2. The Morgan fingerprint density at radius 3 is 3.13 bits per heavy atom. The number of fused-ring (bicyclic) bond motifs is 1. The molecule has 2 aromatic rings. The Labute approximate surface area is 137 Å². The van der Waals surface area contributed by atoms with Crippen LogP contribution in [0.1, 0.15) is 30.7 Å². The zero-order chi connectivity index (χ0) is 16.4. The van der Waals surface area contributed by atoms with Crippen LogP contribution >= 0.6 is 11.8 Å². The van der Waals surface area contributed by atoms with Crippen LogP contribution in [-0.2, 0) is 24.3 Å². The van der Waals surface area contributed by atoms with E-state index in [1.165, 1.54) is 17.8 Å². The lowest BCUT2D eigenvalue weighted by molar-refractivity contribution is -0.120. The van der Waals surface area contributed by atoms with Crippen molar-refractivity contribution in [2.24, 2.45) is 0 Å². The van der Waals surface area contributed by atoms with E-state index in [1.54, 1.807) is 13.8 Å². The van der Waals surface area contributed by atoms with E-state index in [4.69, 9.17) is 0 Å². The molecule has 0 bridgehead atoms. The molecule has 0 spiro atoms. The molecule has 122 valence electrons. The Hall–Kier alpha value is -2.16. The molecule has 2 N–H and O–H groups in total. The van der Waals surface area contributed by atoms with Gasteiger partial charge in [0.15, 0.2) is 11.0 Å². The fourth-order valence-corrected chi connectivity index (χ4v) is 3.36.